The maximum Gasteiger partial charge on any atom is 0.0240 e. The Kier molecular flexibility index (Phi) is 3.50. The van der Waals surface area contributed by atoms with Crippen molar-refractivity contribution in [2.24, 2.45) is 11.8 Å². The lowest BCUT2D eigenvalue weighted by molar-refractivity contribution is 0.219. The first-order valence-electron chi connectivity index (χ1n) is 7.94. The van der Waals surface area contributed by atoms with E-state index in [1.807, 2.05) is 0 Å². The van der Waals surface area contributed by atoms with Crippen LogP contribution in [0.5, 0.6) is 0 Å². The molecule has 4 rings (SSSR count). The van der Waals surface area contributed by atoms with Crippen LogP contribution in [-0.4, -0.2) is 24.0 Å². The summed E-state index contributed by atoms with van der Waals surface area (Å²) in [5.41, 5.74) is 2.85. The van der Waals surface area contributed by atoms with Crippen molar-refractivity contribution in [3.8, 4) is 0 Å². The molecule has 0 unspecified atom stereocenters. The van der Waals surface area contributed by atoms with Crippen LogP contribution in [0.2, 0.25) is 0 Å². The van der Waals surface area contributed by atoms with Crippen LogP contribution >= 0.6 is 0 Å². The van der Waals surface area contributed by atoms with Gasteiger partial charge in [0.1, 0.15) is 0 Å². The van der Waals surface area contributed by atoms with Gasteiger partial charge in [-0.1, -0.05) is 60.7 Å². The molecule has 3 atom stereocenters. The molecule has 2 aromatic carbocycles. The van der Waals surface area contributed by atoms with Crippen LogP contribution in [0.25, 0.3) is 0 Å². The van der Waals surface area contributed by atoms with Gasteiger partial charge < -0.3 is 5.32 Å². The number of rotatable bonds is 5. The van der Waals surface area contributed by atoms with Crippen LogP contribution in [0.1, 0.15) is 11.1 Å². The summed E-state index contributed by atoms with van der Waals surface area (Å²) in [4.78, 5) is 2.68. The third-order valence-corrected chi connectivity index (χ3v) is 4.93. The van der Waals surface area contributed by atoms with E-state index < -0.39 is 0 Å². The second-order valence-corrected chi connectivity index (χ2v) is 6.35. The second kappa shape index (κ2) is 5.63. The standard InChI is InChI=1S/C19H22N2/c1-3-7-15(8-4-1)13-21(14-16-9-5-2-6-10-16)19-17-11-20-12-18(17)19/h1-10,17-20H,11-14H2/t17-,18+,19+. The van der Waals surface area contributed by atoms with E-state index >= 15 is 0 Å². The molecule has 2 fully saturated rings. The summed E-state index contributed by atoms with van der Waals surface area (Å²) in [6, 6.07) is 22.5. The molecule has 1 saturated carbocycles. The van der Waals surface area contributed by atoms with Crippen LogP contribution in [0, 0.1) is 11.8 Å². The molecule has 2 heteroatoms. The predicted molar refractivity (Wildman–Crippen MR) is 85.8 cm³/mol. The highest BCUT2D eigenvalue weighted by atomic mass is 15.2. The average Bonchev–Trinajstić information content (AvgIpc) is 3.01. The lowest BCUT2D eigenvalue weighted by Gasteiger charge is -2.25. The number of piperidine rings is 1. The summed E-state index contributed by atoms with van der Waals surface area (Å²) in [7, 11) is 0. The SMILES string of the molecule is c1ccc(CN(Cc2ccccc2)[C@H]2[C@@H]3CNC[C@@H]32)cc1. The monoisotopic (exact) mass is 278 g/mol. The van der Waals surface area contributed by atoms with E-state index in [1.54, 1.807) is 0 Å². The maximum atomic E-state index is 3.51. The molecule has 0 bridgehead atoms. The van der Waals surface area contributed by atoms with Crippen molar-refractivity contribution in [2.45, 2.75) is 19.1 Å². The Bertz CT molecular complexity index is 530. The van der Waals surface area contributed by atoms with E-state index in [-0.39, 0.29) is 0 Å². The largest absolute Gasteiger partial charge is 0.316 e. The first-order valence-corrected chi connectivity index (χ1v) is 7.94. The van der Waals surface area contributed by atoms with Gasteiger partial charge in [-0.05, 0) is 36.1 Å². The van der Waals surface area contributed by atoms with Crippen molar-refractivity contribution in [2.75, 3.05) is 13.1 Å². The van der Waals surface area contributed by atoms with Gasteiger partial charge in [0.25, 0.3) is 0 Å². The van der Waals surface area contributed by atoms with Crippen LogP contribution in [0.4, 0.5) is 0 Å². The third-order valence-electron chi connectivity index (χ3n) is 4.93. The van der Waals surface area contributed by atoms with E-state index in [1.165, 1.54) is 24.2 Å². The van der Waals surface area contributed by atoms with E-state index in [2.05, 4.69) is 70.9 Å². The zero-order valence-corrected chi connectivity index (χ0v) is 12.3. The average molecular weight is 278 g/mol. The fourth-order valence-corrected chi connectivity index (χ4v) is 3.83. The zero-order chi connectivity index (χ0) is 14.1. The third kappa shape index (κ3) is 2.74. The van der Waals surface area contributed by atoms with E-state index in [0.717, 1.165) is 31.0 Å². The lowest BCUT2D eigenvalue weighted by Crippen LogP contribution is -2.32. The molecule has 1 N–H and O–H groups in total. The molecule has 21 heavy (non-hydrogen) atoms. The van der Waals surface area contributed by atoms with E-state index in [4.69, 9.17) is 0 Å². The summed E-state index contributed by atoms with van der Waals surface area (Å²) in [6.45, 7) is 4.53. The normalized spacial score (nSPS) is 26.8. The van der Waals surface area contributed by atoms with Crippen LogP contribution in [0.3, 0.4) is 0 Å². The van der Waals surface area contributed by atoms with Gasteiger partial charge in [-0.25, -0.2) is 0 Å². The molecular formula is C19H22N2. The van der Waals surface area contributed by atoms with Gasteiger partial charge in [-0.3, -0.25) is 4.90 Å². The smallest absolute Gasteiger partial charge is 0.0240 e. The maximum absolute atomic E-state index is 3.51. The molecule has 0 radical (unpaired) electrons. The molecule has 2 aliphatic rings. The fourth-order valence-electron chi connectivity index (χ4n) is 3.83. The molecule has 1 heterocycles. The quantitative estimate of drug-likeness (QED) is 0.904. The first-order chi connectivity index (χ1) is 10.4. The summed E-state index contributed by atoms with van der Waals surface area (Å²) < 4.78 is 0. The number of nitrogens with one attached hydrogen (secondary N) is 1. The van der Waals surface area contributed by atoms with Crippen molar-refractivity contribution < 1.29 is 0 Å². The Morgan fingerprint density at radius 3 is 1.71 bits per heavy atom. The highest BCUT2D eigenvalue weighted by molar-refractivity contribution is 5.20. The lowest BCUT2D eigenvalue weighted by atomic mass is 10.1. The van der Waals surface area contributed by atoms with Gasteiger partial charge in [0.2, 0.25) is 0 Å². The second-order valence-electron chi connectivity index (χ2n) is 6.35. The molecule has 0 aromatic heterocycles. The number of fused-ring (bicyclic) bond motifs is 1. The van der Waals surface area contributed by atoms with Crippen molar-refractivity contribution >= 4 is 0 Å². The molecule has 2 nitrogen and oxygen atoms in total. The topological polar surface area (TPSA) is 15.3 Å². The zero-order valence-electron chi connectivity index (χ0n) is 12.3. The number of benzene rings is 2. The summed E-state index contributed by atoms with van der Waals surface area (Å²) >= 11 is 0. The van der Waals surface area contributed by atoms with Gasteiger partial charge in [0.15, 0.2) is 0 Å². The Labute approximate surface area is 126 Å². The molecule has 0 amide bonds. The van der Waals surface area contributed by atoms with Gasteiger partial charge in [-0.15, -0.1) is 0 Å². The Morgan fingerprint density at radius 2 is 1.24 bits per heavy atom. The van der Waals surface area contributed by atoms with Gasteiger partial charge >= 0.3 is 0 Å². The molecule has 1 aliphatic carbocycles. The molecular weight excluding hydrogens is 256 g/mol. The van der Waals surface area contributed by atoms with E-state index in [0.29, 0.717) is 0 Å². The molecule has 0 spiro atoms. The minimum Gasteiger partial charge on any atom is -0.316 e. The van der Waals surface area contributed by atoms with Crippen molar-refractivity contribution in [1.82, 2.24) is 10.2 Å². The predicted octanol–water partition coefficient (Wildman–Crippen LogP) is 2.91. The summed E-state index contributed by atoms with van der Waals surface area (Å²) in [5, 5.41) is 3.51. The van der Waals surface area contributed by atoms with Crippen molar-refractivity contribution in [3.05, 3.63) is 71.8 Å². The van der Waals surface area contributed by atoms with Crippen LogP contribution < -0.4 is 5.32 Å². The van der Waals surface area contributed by atoms with Crippen LogP contribution in [0.15, 0.2) is 60.7 Å². The minimum atomic E-state index is 0.770. The number of hydrogen-bond acceptors (Lipinski definition) is 2. The minimum absolute atomic E-state index is 0.770. The van der Waals surface area contributed by atoms with Crippen molar-refractivity contribution in [3.63, 3.8) is 0 Å². The molecule has 108 valence electrons. The van der Waals surface area contributed by atoms with E-state index in [9.17, 15) is 0 Å². The van der Waals surface area contributed by atoms with Gasteiger partial charge in [0, 0.05) is 19.1 Å². The number of hydrogen-bond donors (Lipinski definition) is 1. The van der Waals surface area contributed by atoms with Gasteiger partial charge in [0.05, 0.1) is 0 Å². The van der Waals surface area contributed by atoms with Gasteiger partial charge in [-0.2, -0.15) is 0 Å². The molecule has 2 aromatic rings. The number of nitrogens with zero attached hydrogens (tertiary/aromatic N) is 1. The Morgan fingerprint density at radius 1 is 0.762 bits per heavy atom. The Hall–Kier alpha value is -1.64. The molecule has 1 aliphatic heterocycles. The molecule has 1 saturated heterocycles. The summed E-state index contributed by atoms with van der Waals surface area (Å²) in [6.07, 6.45) is 0. The van der Waals surface area contributed by atoms with Crippen molar-refractivity contribution in [1.29, 1.82) is 0 Å². The fraction of sp³-hybridized carbons (Fsp3) is 0.368. The van der Waals surface area contributed by atoms with Crippen LogP contribution in [-0.2, 0) is 13.1 Å². The highest BCUT2D eigenvalue weighted by Crippen LogP contribution is 2.46. The Balaban J connectivity index is 1.52. The highest BCUT2D eigenvalue weighted by Gasteiger charge is 2.55. The first kappa shape index (κ1) is 13.1. The summed E-state index contributed by atoms with van der Waals surface area (Å²) in [5.74, 6) is 1.75.